The summed E-state index contributed by atoms with van der Waals surface area (Å²) in [5.41, 5.74) is 23.3. The summed E-state index contributed by atoms with van der Waals surface area (Å²) >= 11 is 0. The number of benzene rings is 9. The molecule has 2 nitrogen and oxygen atoms in total. The highest BCUT2D eigenvalue weighted by Crippen LogP contribution is 2.54. The van der Waals surface area contributed by atoms with Gasteiger partial charge in [0.2, 0.25) is 0 Å². The van der Waals surface area contributed by atoms with Crippen LogP contribution in [-0.4, -0.2) is 0 Å². The van der Waals surface area contributed by atoms with Gasteiger partial charge in [0.25, 0.3) is 0 Å². The molecule has 12 rings (SSSR count). The molecule has 0 saturated carbocycles. The molecule has 0 unspecified atom stereocenters. The first-order valence-electron chi connectivity index (χ1n) is 22.1. The maximum Gasteiger partial charge on any atom is 0.0543 e. The summed E-state index contributed by atoms with van der Waals surface area (Å²) in [5, 5.41) is 2.55. The van der Waals surface area contributed by atoms with E-state index in [1.807, 2.05) is 0 Å². The standard InChI is InChI=1S/C60H48N2/c1-59(2)53-25-15-13-21-47(53)49-33-30-44(37-55(49)59)61(41-17-7-5-8-18-41)43-29-32-46-39(35-43)27-28-40-36-57(51-23-11-12-24-52(51)58(40)46)62(42-19-9-6-10-20-42)45-31-34-50-48-22-14-16-26-54(48)60(3,4)56(50)38-45/h5-26,29-38H,27-28H2,1-4H3. The van der Waals surface area contributed by atoms with Gasteiger partial charge >= 0.3 is 0 Å². The maximum absolute atomic E-state index is 2.50. The Labute approximate surface area is 365 Å². The molecule has 0 fully saturated rings. The van der Waals surface area contributed by atoms with Crippen LogP contribution in [0.2, 0.25) is 0 Å². The number of rotatable bonds is 6. The highest BCUT2D eigenvalue weighted by Gasteiger charge is 2.37. The van der Waals surface area contributed by atoms with Gasteiger partial charge in [-0.3, -0.25) is 0 Å². The summed E-state index contributed by atoms with van der Waals surface area (Å²) < 4.78 is 0. The molecule has 298 valence electrons. The molecule has 0 spiro atoms. The Kier molecular flexibility index (Phi) is 8.09. The van der Waals surface area contributed by atoms with Crippen LogP contribution >= 0.6 is 0 Å². The second kappa shape index (κ2) is 13.7. The van der Waals surface area contributed by atoms with E-state index in [2.05, 4.69) is 232 Å². The van der Waals surface area contributed by atoms with Gasteiger partial charge in [-0.1, -0.05) is 155 Å². The number of aryl methyl sites for hydroxylation is 2. The second-order valence-corrected chi connectivity index (χ2v) is 18.5. The third kappa shape index (κ3) is 5.42. The van der Waals surface area contributed by atoms with Gasteiger partial charge in [0.1, 0.15) is 0 Å². The lowest BCUT2D eigenvalue weighted by Crippen LogP contribution is -2.17. The first-order chi connectivity index (χ1) is 30.3. The largest absolute Gasteiger partial charge is 0.310 e. The van der Waals surface area contributed by atoms with Crippen LogP contribution in [-0.2, 0) is 23.7 Å². The van der Waals surface area contributed by atoms with Gasteiger partial charge < -0.3 is 9.80 Å². The van der Waals surface area contributed by atoms with Crippen molar-refractivity contribution < 1.29 is 0 Å². The van der Waals surface area contributed by atoms with E-state index in [1.54, 1.807) is 0 Å². The van der Waals surface area contributed by atoms with Gasteiger partial charge in [-0.2, -0.15) is 0 Å². The molecule has 62 heavy (non-hydrogen) atoms. The molecule has 9 aromatic carbocycles. The van der Waals surface area contributed by atoms with E-state index in [0.717, 1.165) is 24.2 Å². The molecule has 2 heteroatoms. The van der Waals surface area contributed by atoms with Crippen molar-refractivity contribution in [2.75, 3.05) is 9.80 Å². The Morgan fingerprint density at radius 2 is 0.758 bits per heavy atom. The average Bonchev–Trinajstić information content (AvgIpc) is 3.68. The first kappa shape index (κ1) is 36.7. The van der Waals surface area contributed by atoms with E-state index in [4.69, 9.17) is 0 Å². The molecule has 3 aliphatic carbocycles. The molecule has 0 aromatic heterocycles. The summed E-state index contributed by atoms with van der Waals surface area (Å²) in [5.74, 6) is 0. The highest BCUT2D eigenvalue weighted by molar-refractivity contribution is 6.08. The number of fused-ring (bicyclic) bond motifs is 11. The molecule has 0 saturated heterocycles. The van der Waals surface area contributed by atoms with E-state index < -0.39 is 0 Å². The third-order valence-electron chi connectivity index (χ3n) is 14.3. The minimum Gasteiger partial charge on any atom is -0.310 e. The van der Waals surface area contributed by atoms with Crippen LogP contribution in [0.15, 0.2) is 194 Å². The van der Waals surface area contributed by atoms with E-state index in [1.165, 1.54) is 100 Å². The molecule has 9 aromatic rings. The fourth-order valence-corrected chi connectivity index (χ4v) is 11.2. The van der Waals surface area contributed by atoms with Crippen molar-refractivity contribution in [3.8, 4) is 33.4 Å². The normalized spacial score (nSPS) is 14.6. The van der Waals surface area contributed by atoms with Crippen LogP contribution in [0.3, 0.4) is 0 Å². The molecular weight excluding hydrogens is 749 g/mol. The monoisotopic (exact) mass is 796 g/mol. The molecule has 0 N–H and O–H groups in total. The Morgan fingerprint density at radius 3 is 1.35 bits per heavy atom. The van der Waals surface area contributed by atoms with Gasteiger partial charge in [0, 0.05) is 44.7 Å². The fraction of sp³-hybridized carbons (Fsp3) is 0.133. The van der Waals surface area contributed by atoms with Crippen LogP contribution in [0, 0.1) is 0 Å². The van der Waals surface area contributed by atoms with E-state index in [9.17, 15) is 0 Å². The molecule has 0 heterocycles. The Balaban J connectivity index is 0.988. The van der Waals surface area contributed by atoms with Crippen LogP contribution in [0.25, 0.3) is 44.2 Å². The molecule has 0 amide bonds. The van der Waals surface area contributed by atoms with Crippen molar-refractivity contribution >= 4 is 44.9 Å². The van der Waals surface area contributed by atoms with Crippen LogP contribution in [0.5, 0.6) is 0 Å². The summed E-state index contributed by atoms with van der Waals surface area (Å²) in [6, 6.07) is 72.6. The maximum atomic E-state index is 2.50. The van der Waals surface area contributed by atoms with Crippen LogP contribution < -0.4 is 9.80 Å². The van der Waals surface area contributed by atoms with Crippen molar-refractivity contribution in [3.63, 3.8) is 0 Å². The number of hydrogen-bond donors (Lipinski definition) is 0. The topological polar surface area (TPSA) is 6.48 Å². The van der Waals surface area contributed by atoms with Crippen molar-refractivity contribution in [3.05, 3.63) is 228 Å². The third-order valence-corrected chi connectivity index (χ3v) is 14.3. The number of hydrogen-bond acceptors (Lipinski definition) is 2. The SMILES string of the molecule is CC1(C)c2ccccc2-c2ccc(N(c3ccccc3)c3ccc4c(c3)CCc3cc(N(c5ccccc5)c5ccc6c(c5)C(C)(C)c5ccccc5-6)c5ccccc5c3-4)cc21. The Hall–Kier alpha value is -7.16. The summed E-state index contributed by atoms with van der Waals surface area (Å²) in [6.07, 6.45) is 1.94. The van der Waals surface area contributed by atoms with Crippen LogP contribution in [0.1, 0.15) is 61.1 Å². The van der Waals surface area contributed by atoms with Crippen molar-refractivity contribution in [1.29, 1.82) is 0 Å². The lowest BCUT2D eigenvalue weighted by atomic mass is 9.81. The zero-order valence-corrected chi connectivity index (χ0v) is 35.8. The quantitative estimate of drug-likeness (QED) is 0.165. The Bertz CT molecular complexity index is 3250. The first-order valence-corrected chi connectivity index (χ1v) is 22.1. The van der Waals surface area contributed by atoms with E-state index >= 15 is 0 Å². The fourth-order valence-electron chi connectivity index (χ4n) is 11.2. The Morgan fingerprint density at radius 1 is 0.323 bits per heavy atom. The minimum atomic E-state index is -0.0934. The predicted molar refractivity (Wildman–Crippen MR) is 261 cm³/mol. The van der Waals surface area contributed by atoms with E-state index in [0.29, 0.717) is 0 Å². The minimum absolute atomic E-state index is 0.0805. The predicted octanol–water partition coefficient (Wildman–Crippen LogP) is 16.2. The lowest BCUT2D eigenvalue weighted by Gasteiger charge is -2.32. The molecule has 0 radical (unpaired) electrons. The summed E-state index contributed by atoms with van der Waals surface area (Å²) in [6.45, 7) is 9.47. The number of para-hydroxylation sites is 2. The van der Waals surface area contributed by atoms with Gasteiger partial charge in [0.05, 0.1) is 5.69 Å². The molecule has 0 aliphatic heterocycles. The number of anilines is 6. The van der Waals surface area contributed by atoms with Gasteiger partial charge in [-0.15, -0.1) is 0 Å². The summed E-state index contributed by atoms with van der Waals surface area (Å²) in [7, 11) is 0. The lowest BCUT2D eigenvalue weighted by molar-refractivity contribution is 0.660. The van der Waals surface area contributed by atoms with Crippen molar-refractivity contribution in [2.24, 2.45) is 0 Å². The molecule has 0 bridgehead atoms. The molecule has 0 atom stereocenters. The second-order valence-electron chi connectivity index (χ2n) is 18.5. The average molecular weight is 797 g/mol. The number of nitrogens with zero attached hydrogens (tertiary/aromatic N) is 2. The van der Waals surface area contributed by atoms with Gasteiger partial charge in [-0.25, -0.2) is 0 Å². The van der Waals surface area contributed by atoms with Crippen molar-refractivity contribution in [1.82, 2.24) is 0 Å². The van der Waals surface area contributed by atoms with E-state index in [-0.39, 0.29) is 10.8 Å². The highest BCUT2D eigenvalue weighted by atomic mass is 15.1. The van der Waals surface area contributed by atoms with Gasteiger partial charge in [-0.05, 0) is 152 Å². The zero-order valence-electron chi connectivity index (χ0n) is 35.8. The van der Waals surface area contributed by atoms with Gasteiger partial charge in [0.15, 0.2) is 0 Å². The molecule has 3 aliphatic rings. The van der Waals surface area contributed by atoms with Crippen molar-refractivity contribution in [2.45, 2.75) is 51.4 Å². The zero-order chi connectivity index (χ0) is 41.7. The smallest absolute Gasteiger partial charge is 0.0543 e. The van der Waals surface area contributed by atoms with Crippen LogP contribution in [0.4, 0.5) is 34.1 Å². The summed E-state index contributed by atoms with van der Waals surface area (Å²) in [4.78, 5) is 4.94. The molecular formula is C60H48N2.